The van der Waals surface area contributed by atoms with Gasteiger partial charge in [0.1, 0.15) is 9.84 Å². The molecule has 0 amide bonds. The van der Waals surface area contributed by atoms with Crippen LogP contribution in [-0.2, 0) is 6.54 Å². The molecule has 4 aromatic rings. The van der Waals surface area contributed by atoms with Crippen molar-refractivity contribution in [2.45, 2.75) is 40.2 Å². The third-order valence-corrected chi connectivity index (χ3v) is 7.01. The van der Waals surface area contributed by atoms with Gasteiger partial charge in [-0.3, -0.25) is 9.36 Å². The van der Waals surface area contributed by atoms with Crippen LogP contribution in [0.2, 0.25) is 0 Å². The summed E-state index contributed by atoms with van der Waals surface area (Å²) >= 11 is 3.20. The Morgan fingerprint density at radius 1 is 1.07 bits per heavy atom. The molecule has 0 aliphatic rings. The summed E-state index contributed by atoms with van der Waals surface area (Å²) in [5.74, 6) is 0.518. The molecule has 3 heterocycles. The minimum Gasteiger partial charge on any atom is -0.293 e. The van der Waals surface area contributed by atoms with Crippen molar-refractivity contribution in [3.05, 3.63) is 68.0 Å². The van der Waals surface area contributed by atoms with Gasteiger partial charge in [-0.1, -0.05) is 38.1 Å². The predicted molar refractivity (Wildman–Crippen MR) is 114 cm³/mol. The van der Waals surface area contributed by atoms with Gasteiger partial charge < -0.3 is 0 Å². The summed E-state index contributed by atoms with van der Waals surface area (Å²) in [6.07, 6.45) is 3.51. The smallest absolute Gasteiger partial charge is 0.262 e. The number of hydrogen-bond donors (Lipinski definition) is 0. The SMILES string of the molecule is Cc1sc2ncn(Cc3cnc(-c4ccc(C(C)C)cc4)s3)c(=O)c2c1C. The van der Waals surface area contributed by atoms with E-state index in [1.807, 2.05) is 20.0 Å². The number of hydrogen-bond acceptors (Lipinski definition) is 5. The lowest BCUT2D eigenvalue weighted by molar-refractivity contribution is 0.757. The summed E-state index contributed by atoms with van der Waals surface area (Å²) in [4.78, 5) is 24.9. The van der Waals surface area contributed by atoms with Gasteiger partial charge in [-0.2, -0.15) is 0 Å². The third-order valence-electron chi connectivity index (χ3n) is 4.86. The van der Waals surface area contributed by atoms with Gasteiger partial charge in [-0.15, -0.1) is 22.7 Å². The van der Waals surface area contributed by atoms with Gasteiger partial charge in [0.15, 0.2) is 0 Å². The van der Waals surface area contributed by atoms with Crippen LogP contribution in [0.1, 0.15) is 40.6 Å². The lowest BCUT2D eigenvalue weighted by Gasteiger charge is -2.05. The highest BCUT2D eigenvalue weighted by Gasteiger charge is 2.13. The van der Waals surface area contributed by atoms with Crippen molar-refractivity contribution in [1.82, 2.24) is 14.5 Å². The number of aromatic nitrogens is 3. The molecule has 0 spiro atoms. The molecule has 1 aromatic carbocycles. The Hall–Kier alpha value is -2.31. The standard InChI is InChI=1S/C21H21N3OS2/c1-12(2)15-5-7-16(8-6-15)19-22-9-17(27-19)10-24-11-23-20-18(21(24)25)13(3)14(4)26-20/h5-9,11-12H,10H2,1-4H3. The van der Waals surface area contributed by atoms with Crippen molar-refractivity contribution in [2.24, 2.45) is 0 Å². The van der Waals surface area contributed by atoms with E-state index in [2.05, 4.69) is 48.1 Å². The van der Waals surface area contributed by atoms with Crippen molar-refractivity contribution in [3.63, 3.8) is 0 Å². The van der Waals surface area contributed by atoms with Crippen LogP contribution in [-0.4, -0.2) is 14.5 Å². The maximum atomic E-state index is 12.9. The van der Waals surface area contributed by atoms with Gasteiger partial charge in [0.2, 0.25) is 0 Å². The van der Waals surface area contributed by atoms with Gasteiger partial charge in [-0.25, -0.2) is 9.97 Å². The van der Waals surface area contributed by atoms with Gasteiger partial charge in [0.05, 0.1) is 18.3 Å². The second kappa shape index (κ2) is 7.02. The molecule has 0 N–H and O–H groups in total. The molecular formula is C21H21N3OS2. The maximum Gasteiger partial charge on any atom is 0.262 e. The number of nitrogens with zero attached hydrogens (tertiary/aromatic N) is 3. The molecule has 0 atom stereocenters. The number of thiazole rings is 1. The van der Waals surface area contributed by atoms with Crippen LogP contribution in [0.4, 0.5) is 0 Å². The molecule has 3 aromatic heterocycles. The lowest BCUT2D eigenvalue weighted by atomic mass is 10.0. The summed E-state index contributed by atoms with van der Waals surface area (Å²) in [7, 11) is 0. The number of aryl methyl sites for hydroxylation is 2. The molecule has 4 nitrogen and oxygen atoms in total. The monoisotopic (exact) mass is 395 g/mol. The molecule has 0 radical (unpaired) electrons. The van der Waals surface area contributed by atoms with Crippen LogP contribution in [0, 0.1) is 13.8 Å². The molecule has 0 fully saturated rings. The Morgan fingerprint density at radius 3 is 2.52 bits per heavy atom. The number of fused-ring (bicyclic) bond motifs is 1. The number of thiophene rings is 1. The molecule has 27 heavy (non-hydrogen) atoms. The fraction of sp³-hybridized carbons (Fsp3) is 0.286. The average molecular weight is 396 g/mol. The minimum atomic E-state index is 0.0260. The predicted octanol–water partition coefficient (Wildman–Crippen LogP) is 5.37. The molecule has 138 valence electrons. The molecule has 0 saturated heterocycles. The molecule has 4 rings (SSSR count). The van der Waals surface area contributed by atoms with E-state index in [4.69, 9.17) is 0 Å². The third kappa shape index (κ3) is 3.35. The topological polar surface area (TPSA) is 47.8 Å². The zero-order chi connectivity index (χ0) is 19.1. The molecule has 6 heteroatoms. The highest BCUT2D eigenvalue weighted by Crippen LogP contribution is 2.28. The van der Waals surface area contributed by atoms with E-state index < -0.39 is 0 Å². The van der Waals surface area contributed by atoms with Crippen molar-refractivity contribution in [2.75, 3.05) is 0 Å². The Balaban J connectivity index is 1.63. The number of benzene rings is 1. The van der Waals surface area contributed by atoms with Gasteiger partial charge >= 0.3 is 0 Å². The summed E-state index contributed by atoms with van der Waals surface area (Å²) in [5.41, 5.74) is 3.50. The second-order valence-electron chi connectivity index (χ2n) is 7.05. The van der Waals surface area contributed by atoms with Crippen molar-refractivity contribution < 1.29 is 0 Å². The zero-order valence-electron chi connectivity index (χ0n) is 15.8. The Bertz CT molecular complexity index is 1170. The molecular weight excluding hydrogens is 374 g/mol. The quantitative estimate of drug-likeness (QED) is 0.467. The Kier molecular flexibility index (Phi) is 4.70. The van der Waals surface area contributed by atoms with E-state index in [-0.39, 0.29) is 5.56 Å². The normalized spacial score (nSPS) is 11.6. The van der Waals surface area contributed by atoms with E-state index >= 15 is 0 Å². The molecule has 0 unspecified atom stereocenters. The highest BCUT2D eigenvalue weighted by atomic mass is 32.1. The van der Waals surface area contributed by atoms with E-state index in [1.54, 1.807) is 33.6 Å². The molecule has 0 bridgehead atoms. The van der Waals surface area contributed by atoms with Crippen molar-refractivity contribution >= 4 is 32.9 Å². The van der Waals surface area contributed by atoms with Crippen molar-refractivity contribution in [3.8, 4) is 10.6 Å². The highest BCUT2D eigenvalue weighted by molar-refractivity contribution is 7.18. The first kappa shape index (κ1) is 18.1. The summed E-state index contributed by atoms with van der Waals surface area (Å²) < 4.78 is 1.68. The van der Waals surface area contributed by atoms with E-state index in [9.17, 15) is 4.79 Å². The first-order valence-corrected chi connectivity index (χ1v) is 10.6. The Morgan fingerprint density at radius 2 is 1.81 bits per heavy atom. The van der Waals surface area contributed by atoms with Crippen LogP contribution < -0.4 is 5.56 Å². The summed E-state index contributed by atoms with van der Waals surface area (Å²) in [5, 5.41) is 1.72. The van der Waals surface area contributed by atoms with E-state index in [0.717, 1.165) is 36.1 Å². The van der Waals surface area contributed by atoms with Crippen LogP contribution >= 0.6 is 22.7 Å². The van der Waals surface area contributed by atoms with Gasteiger partial charge in [0, 0.05) is 21.5 Å². The second-order valence-corrected chi connectivity index (χ2v) is 9.37. The average Bonchev–Trinajstić information content (AvgIpc) is 3.23. The van der Waals surface area contributed by atoms with E-state index in [1.165, 1.54) is 5.56 Å². The maximum absolute atomic E-state index is 12.9. The molecule has 0 saturated carbocycles. The first-order chi connectivity index (χ1) is 12.9. The number of rotatable bonds is 4. The minimum absolute atomic E-state index is 0.0260. The van der Waals surface area contributed by atoms with Crippen LogP contribution in [0.15, 0.2) is 41.6 Å². The largest absolute Gasteiger partial charge is 0.293 e. The van der Waals surface area contributed by atoms with Gasteiger partial charge in [-0.05, 0) is 30.9 Å². The van der Waals surface area contributed by atoms with Gasteiger partial charge in [0.25, 0.3) is 5.56 Å². The fourth-order valence-electron chi connectivity index (χ4n) is 3.08. The lowest BCUT2D eigenvalue weighted by Crippen LogP contribution is -2.20. The van der Waals surface area contributed by atoms with Crippen LogP contribution in [0.3, 0.4) is 0 Å². The van der Waals surface area contributed by atoms with Crippen LogP contribution in [0.25, 0.3) is 20.8 Å². The van der Waals surface area contributed by atoms with Crippen LogP contribution in [0.5, 0.6) is 0 Å². The van der Waals surface area contributed by atoms with Crippen molar-refractivity contribution in [1.29, 1.82) is 0 Å². The van der Waals surface area contributed by atoms with E-state index in [0.29, 0.717) is 12.5 Å². The zero-order valence-corrected chi connectivity index (χ0v) is 17.4. The summed E-state index contributed by atoms with van der Waals surface area (Å²) in [6, 6.07) is 8.56. The molecule has 0 aliphatic heterocycles. The molecule has 0 aliphatic carbocycles. The first-order valence-electron chi connectivity index (χ1n) is 8.94. The summed E-state index contributed by atoms with van der Waals surface area (Å²) in [6.45, 7) is 8.90. The fourth-order valence-corrected chi connectivity index (χ4v) is 4.98. The Labute approximate surface area is 166 Å².